The molecule has 84 valence electrons. The van der Waals surface area contributed by atoms with Crippen molar-refractivity contribution in [2.75, 3.05) is 5.43 Å². The molecule has 0 radical (unpaired) electrons. The monoisotopic (exact) mass is 299 g/mol. The molecule has 2 rings (SSSR count). The van der Waals surface area contributed by atoms with Crippen LogP contribution in [0.3, 0.4) is 0 Å². The molecule has 0 unspecified atom stereocenters. The first-order chi connectivity index (χ1) is 7.58. The molecule has 2 aromatic rings. The van der Waals surface area contributed by atoms with E-state index in [4.69, 9.17) is 11.6 Å². The van der Waals surface area contributed by atoms with Crippen molar-refractivity contribution in [2.24, 2.45) is 0 Å². The van der Waals surface area contributed by atoms with Gasteiger partial charge in [-0.25, -0.2) is 4.98 Å². The van der Waals surface area contributed by atoms with Crippen LogP contribution < -0.4 is 5.43 Å². The van der Waals surface area contributed by atoms with Crippen molar-refractivity contribution in [1.29, 1.82) is 0 Å². The Morgan fingerprint density at radius 1 is 1.31 bits per heavy atom. The van der Waals surface area contributed by atoms with Gasteiger partial charge in [0, 0.05) is 17.6 Å². The van der Waals surface area contributed by atoms with Crippen LogP contribution in [0.15, 0.2) is 28.9 Å². The van der Waals surface area contributed by atoms with Gasteiger partial charge in [0.15, 0.2) is 5.82 Å². The Hall–Kier alpha value is -1.000. The van der Waals surface area contributed by atoms with E-state index in [2.05, 4.69) is 26.3 Å². The van der Waals surface area contributed by atoms with Crippen molar-refractivity contribution in [2.45, 2.75) is 13.8 Å². The van der Waals surface area contributed by atoms with Crippen LogP contribution >= 0.6 is 27.5 Å². The van der Waals surface area contributed by atoms with Gasteiger partial charge >= 0.3 is 0 Å². The topological polar surface area (TPSA) is 29.9 Å². The van der Waals surface area contributed by atoms with E-state index >= 15 is 0 Å². The van der Waals surface area contributed by atoms with Gasteiger partial charge in [-0.2, -0.15) is 0 Å². The van der Waals surface area contributed by atoms with Crippen molar-refractivity contribution >= 4 is 33.3 Å². The molecule has 0 aliphatic heterocycles. The highest BCUT2D eigenvalue weighted by Crippen LogP contribution is 2.23. The van der Waals surface area contributed by atoms with Crippen LogP contribution in [0.25, 0.3) is 0 Å². The first-order valence-corrected chi connectivity index (χ1v) is 5.98. The lowest BCUT2D eigenvalue weighted by Crippen LogP contribution is -2.13. The standard InChI is InChI=1S/C11H11BrClN3/c1-7-3-4-8(2)16(7)15-11-10(12)5-9(13)6-14-11/h3-6H,1-2H3,(H,14,15). The minimum Gasteiger partial charge on any atom is -0.277 e. The van der Waals surface area contributed by atoms with E-state index in [-0.39, 0.29) is 0 Å². The number of hydrogen-bond donors (Lipinski definition) is 1. The fraction of sp³-hybridized carbons (Fsp3) is 0.182. The molecule has 2 heterocycles. The van der Waals surface area contributed by atoms with Crippen LogP contribution in [0.4, 0.5) is 5.82 Å². The third kappa shape index (κ3) is 2.23. The Morgan fingerprint density at radius 2 is 1.94 bits per heavy atom. The normalized spacial score (nSPS) is 10.5. The molecule has 0 aromatic carbocycles. The Kier molecular flexibility index (Phi) is 3.21. The molecule has 0 saturated heterocycles. The number of rotatable bonds is 2. The molecular formula is C11H11BrClN3. The van der Waals surface area contributed by atoms with Gasteiger partial charge in [-0.05, 0) is 48.0 Å². The zero-order chi connectivity index (χ0) is 11.7. The Bertz CT molecular complexity index is 502. The van der Waals surface area contributed by atoms with Gasteiger partial charge < -0.3 is 0 Å². The quantitative estimate of drug-likeness (QED) is 0.914. The van der Waals surface area contributed by atoms with Crippen LogP contribution in [-0.4, -0.2) is 9.66 Å². The van der Waals surface area contributed by atoms with E-state index in [1.807, 2.05) is 36.7 Å². The lowest BCUT2D eigenvalue weighted by molar-refractivity contribution is 0.869. The first kappa shape index (κ1) is 11.5. The van der Waals surface area contributed by atoms with E-state index < -0.39 is 0 Å². The fourth-order valence-corrected chi connectivity index (χ4v) is 2.17. The van der Waals surface area contributed by atoms with Crippen LogP contribution in [0.1, 0.15) is 11.4 Å². The maximum absolute atomic E-state index is 5.83. The largest absolute Gasteiger partial charge is 0.277 e. The Balaban J connectivity index is 2.34. The molecular weight excluding hydrogens is 289 g/mol. The molecule has 5 heteroatoms. The van der Waals surface area contributed by atoms with Gasteiger partial charge in [0.2, 0.25) is 0 Å². The van der Waals surface area contributed by atoms with Crippen LogP contribution in [0.5, 0.6) is 0 Å². The lowest BCUT2D eigenvalue weighted by atomic mass is 10.5. The van der Waals surface area contributed by atoms with Gasteiger partial charge in [0.05, 0.1) is 9.50 Å². The average molecular weight is 301 g/mol. The molecule has 0 fully saturated rings. The van der Waals surface area contributed by atoms with Crippen molar-refractivity contribution in [1.82, 2.24) is 9.66 Å². The van der Waals surface area contributed by atoms with E-state index in [1.54, 1.807) is 6.20 Å². The van der Waals surface area contributed by atoms with E-state index in [1.165, 1.54) is 0 Å². The minimum absolute atomic E-state index is 0.610. The highest BCUT2D eigenvalue weighted by atomic mass is 79.9. The molecule has 0 bridgehead atoms. The predicted octanol–water partition coefficient (Wildman–Crippen LogP) is 3.79. The smallest absolute Gasteiger partial charge is 0.159 e. The van der Waals surface area contributed by atoms with Crippen molar-refractivity contribution in [3.05, 3.63) is 45.3 Å². The summed E-state index contributed by atoms with van der Waals surface area (Å²) in [4.78, 5) is 4.22. The molecule has 16 heavy (non-hydrogen) atoms. The summed E-state index contributed by atoms with van der Waals surface area (Å²) in [6, 6.07) is 5.91. The number of nitrogens with zero attached hydrogens (tertiary/aromatic N) is 2. The Morgan fingerprint density at radius 3 is 2.50 bits per heavy atom. The van der Waals surface area contributed by atoms with E-state index in [0.717, 1.165) is 21.7 Å². The molecule has 0 aliphatic carbocycles. The summed E-state index contributed by atoms with van der Waals surface area (Å²) in [5, 5.41) is 0.610. The van der Waals surface area contributed by atoms with Crippen LogP contribution in [0, 0.1) is 13.8 Å². The summed E-state index contributed by atoms with van der Waals surface area (Å²) in [6.07, 6.45) is 1.61. The second kappa shape index (κ2) is 4.47. The number of anilines is 1. The second-order valence-electron chi connectivity index (χ2n) is 3.55. The highest BCUT2D eigenvalue weighted by Gasteiger charge is 2.05. The SMILES string of the molecule is Cc1ccc(C)n1Nc1ncc(Cl)cc1Br. The van der Waals surface area contributed by atoms with Gasteiger partial charge in [-0.15, -0.1) is 0 Å². The third-order valence-electron chi connectivity index (χ3n) is 2.30. The molecule has 0 amide bonds. The van der Waals surface area contributed by atoms with E-state index in [9.17, 15) is 0 Å². The molecule has 0 spiro atoms. The zero-order valence-corrected chi connectivity index (χ0v) is 11.3. The highest BCUT2D eigenvalue weighted by molar-refractivity contribution is 9.10. The maximum Gasteiger partial charge on any atom is 0.159 e. The predicted molar refractivity (Wildman–Crippen MR) is 69.9 cm³/mol. The number of nitrogens with one attached hydrogen (secondary N) is 1. The van der Waals surface area contributed by atoms with Crippen molar-refractivity contribution < 1.29 is 0 Å². The average Bonchev–Trinajstić information content (AvgIpc) is 2.53. The maximum atomic E-state index is 5.83. The van der Waals surface area contributed by atoms with Gasteiger partial charge in [-0.1, -0.05) is 11.6 Å². The molecule has 0 aliphatic rings. The lowest BCUT2D eigenvalue weighted by Gasteiger charge is -2.12. The number of halogens is 2. The van der Waals surface area contributed by atoms with Crippen LogP contribution in [-0.2, 0) is 0 Å². The summed E-state index contributed by atoms with van der Waals surface area (Å²) < 4.78 is 2.81. The number of aromatic nitrogens is 2. The van der Waals surface area contributed by atoms with Crippen molar-refractivity contribution in [3.8, 4) is 0 Å². The van der Waals surface area contributed by atoms with Crippen molar-refractivity contribution in [3.63, 3.8) is 0 Å². The number of aryl methyl sites for hydroxylation is 2. The summed E-state index contributed by atoms with van der Waals surface area (Å²) in [7, 11) is 0. The van der Waals surface area contributed by atoms with Gasteiger partial charge in [-0.3, -0.25) is 10.1 Å². The summed E-state index contributed by atoms with van der Waals surface area (Å²) in [6.45, 7) is 4.06. The summed E-state index contributed by atoms with van der Waals surface area (Å²) in [5.41, 5.74) is 5.47. The number of pyridine rings is 1. The summed E-state index contributed by atoms with van der Waals surface area (Å²) >= 11 is 9.25. The van der Waals surface area contributed by atoms with Crippen LogP contribution in [0.2, 0.25) is 5.02 Å². The molecule has 2 aromatic heterocycles. The van der Waals surface area contributed by atoms with E-state index in [0.29, 0.717) is 5.02 Å². The zero-order valence-electron chi connectivity index (χ0n) is 8.96. The molecule has 3 nitrogen and oxygen atoms in total. The summed E-state index contributed by atoms with van der Waals surface area (Å²) in [5.74, 6) is 0.742. The number of hydrogen-bond acceptors (Lipinski definition) is 2. The Labute approximate surface area is 108 Å². The molecule has 0 saturated carbocycles. The third-order valence-corrected chi connectivity index (χ3v) is 3.11. The van der Waals surface area contributed by atoms with Gasteiger partial charge in [0.1, 0.15) is 0 Å². The minimum atomic E-state index is 0.610. The second-order valence-corrected chi connectivity index (χ2v) is 4.84. The first-order valence-electron chi connectivity index (χ1n) is 4.81. The van der Waals surface area contributed by atoms with Gasteiger partial charge in [0.25, 0.3) is 0 Å². The molecule has 1 N–H and O–H groups in total. The molecule has 0 atom stereocenters. The fourth-order valence-electron chi connectivity index (χ4n) is 1.45.